The first-order chi connectivity index (χ1) is 14.5. The van der Waals surface area contributed by atoms with Crippen LogP contribution in [-0.2, 0) is 34.5 Å². The third kappa shape index (κ3) is 5.92. The number of rotatable bonds is 4. The molecule has 0 atom stereocenters. The maximum Gasteiger partial charge on any atom is 0.490 e. The summed E-state index contributed by atoms with van der Waals surface area (Å²) in [6, 6.07) is 10.9. The first-order valence-corrected chi connectivity index (χ1v) is 11.3. The summed E-state index contributed by atoms with van der Waals surface area (Å²) in [6.07, 6.45) is -5.08. The molecule has 2 heterocycles. The number of halogens is 4. The molecule has 0 fully saturated rings. The largest absolute Gasteiger partial charge is 0.490 e. The minimum absolute atomic E-state index is 0.221. The molecule has 0 radical (unpaired) electrons. The second kappa shape index (κ2) is 9.09. The molecule has 1 aliphatic rings. The number of thiazole rings is 1. The first kappa shape index (κ1) is 23.4. The van der Waals surface area contributed by atoms with Gasteiger partial charge in [0.1, 0.15) is 0 Å². The van der Waals surface area contributed by atoms with Crippen molar-refractivity contribution in [2.24, 2.45) is 0 Å². The smallest absolute Gasteiger partial charge is 0.475 e. The van der Waals surface area contributed by atoms with Crippen LogP contribution in [0.1, 0.15) is 16.7 Å². The Morgan fingerprint density at radius 1 is 1.19 bits per heavy atom. The number of nitrogens with one attached hydrogen (secondary N) is 2. The summed E-state index contributed by atoms with van der Waals surface area (Å²) in [5.74, 6) is -2.76. The number of carbonyl (C=O) groups is 1. The Morgan fingerprint density at radius 3 is 2.55 bits per heavy atom. The third-order valence-corrected chi connectivity index (χ3v) is 6.78. The van der Waals surface area contributed by atoms with Gasteiger partial charge in [0.2, 0.25) is 10.0 Å². The van der Waals surface area contributed by atoms with Crippen molar-refractivity contribution >= 4 is 49.1 Å². The number of aromatic nitrogens is 1. The van der Waals surface area contributed by atoms with Crippen LogP contribution < -0.4 is 10.0 Å². The molecule has 3 aromatic rings. The fourth-order valence-electron chi connectivity index (χ4n) is 2.76. The quantitative estimate of drug-likeness (QED) is 0.512. The van der Waals surface area contributed by atoms with Gasteiger partial charge in [0.25, 0.3) is 0 Å². The molecular weight excluding hydrogens is 479 g/mol. The molecular formula is C18H15ClF3N3O4S2. The molecule has 4 rings (SSSR count). The Hall–Kier alpha value is -2.25. The van der Waals surface area contributed by atoms with E-state index in [-0.39, 0.29) is 11.4 Å². The molecule has 0 amide bonds. The molecule has 7 nitrogen and oxygen atoms in total. The molecule has 0 bridgehead atoms. The van der Waals surface area contributed by atoms with Gasteiger partial charge in [-0.15, -0.1) is 11.3 Å². The topological polar surface area (TPSA) is 108 Å². The Balaban J connectivity index is 0.000000339. The van der Waals surface area contributed by atoms with E-state index in [9.17, 15) is 21.6 Å². The Kier molecular flexibility index (Phi) is 6.86. The Morgan fingerprint density at radius 2 is 1.87 bits per heavy atom. The van der Waals surface area contributed by atoms with Crippen molar-refractivity contribution < 1.29 is 31.5 Å². The van der Waals surface area contributed by atoms with Crippen molar-refractivity contribution in [1.82, 2.24) is 15.0 Å². The highest BCUT2D eigenvalue weighted by Gasteiger charge is 2.38. The molecule has 166 valence electrons. The predicted molar refractivity (Wildman–Crippen MR) is 109 cm³/mol. The van der Waals surface area contributed by atoms with Crippen molar-refractivity contribution in [1.29, 1.82) is 0 Å². The van der Waals surface area contributed by atoms with Crippen LogP contribution in [0.2, 0.25) is 4.47 Å². The van der Waals surface area contributed by atoms with Crippen LogP contribution >= 0.6 is 22.9 Å². The maximum absolute atomic E-state index is 12.5. The van der Waals surface area contributed by atoms with Gasteiger partial charge in [0, 0.05) is 19.6 Å². The van der Waals surface area contributed by atoms with Gasteiger partial charge in [-0.3, -0.25) is 0 Å². The van der Waals surface area contributed by atoms with E-state index in [1.807, 2.05) is 18.2 Å². The summed E-state index contributed by atoms with van der Waals surface area (Å²) in [6.45, 7) is 1.97. The minimum atomic E-state index is -5.08. The van der Waals surface area contributed by atoms with E-state index in [1.54, 1.807) is 18.2 Å². The third-order valence-electron chi connectivity index (χ3n) is 4.25. The van der Waals surface area contributed by atoms with Crippen molar-refractivity contribution in [2.75, 3.05) is 0 Å². The van der Waals surface area contributed by atoms with E-state index in [2.05, 4.69) is 15.0 Å². The molecule has 0 saturated heterocycles. The average Bonchev–Trinajstić information content (AvgIpc) is 3.30. The van der Waals surface area contributed by atoms with Crippen LogP contribution in [-0.4, -0.2) is 30.7 Å². The van der Waals surface area contributed by atoms with Crippen molar-refractivity contribution in [3.05, 3.63) is 57.6 Å². The lowest BCUT2D eigenvalue weighted by Gasteiger charge is -2.08. The zero-order chi connectivity index (χ0) is 22.8. The number of alkyl halides is 3. The number of sulfonamides is 1. The van der Waals surface area contributed by atoms with E-state index in [4.69, 9.17) is 21.5 Å². The van der Waals surface area contributed by atoms with Crippen molar-refractivity contribution in [2.45, 2.75) is 30.7 Å². The highest BCUT2D eigenvalue weighted by Crippen LogP contribution is 2.28. The standard InChI is InChI=1S/C16H14ClN3O2S2.C2HF3O2/c17-16-20-14-4-3-13(6-15(14)23-16)24(21,22)19-7-10-1-2-11-8-18-9-12(11)5-10;3-2(4,5)1(6)7/h1-6,18-19H,7-9H2;(H,6,7). The number of carboxylic acids is 1. The van der Waals surface area contributed by atoms with Crippen LogP contribution in [0.3, 0.4) is 0 Å². The normalized spacial score (nSPS) is 13.5. The summed E-state index contributed by atoms with van der Waals surface area (Å²) < 4.78 is 60.6. The lowest BCUT2D eigenvalue weighted by atomic mass is 10.1. The first-order valence-electron chi connectivity index (χ1n) is 8.63. The summed E-state index contributed by atoms with van der Waals surface area (Å²) in [4.78, 5) is 13.2. The minimum Gasteiger partial charge on any atom is -0.475 e. The summed E-state index contributed by atoms with van der Waals surface area (Å²) in [5, 5.41) is 10.4. The monoisotopic (exact) mass is 493 g/mol. The van der Waals surface area contributed by atoms with Crippen molar-refractivity contribution in [3.8, 4) is 0 Å². The van der Waals surface area contributed by atoms with E-state index in [0.717, 1.165) is 23.4 Å². The fourth-order valence-corrected chi connectivity index (χ4v) is 4.95. The van der Waals surface area contributed by atoms with E-state index in [0.29, 0.717) is 9.98 Å². The molecule has 3 N–H and O–H groups in total. The van der Waals surface area contributed by atoms with Gasteiger partial charge in [-0.25, -0.2) is 22.9 Å². The van der Waals surface area contributed by atoms with Gasteiger partial charge in [-0.05, 0) is 34.9 Å². The van der Waals surface area contributed by atoms with Crippen LogP contribution in [0.5, 0.6) is 0 Å². The van der Waals surface area contributed by atoms with Crippen LogP contribution in [0.15, 0.2) is 41.3 Å². The molecule has 0 aliphatic carbocycles. The number of hydrogen-bond donors (Lipinski definition) is 3. The molecule has 1 aromatic heterocycles. The highest BCUT2D eigenvalue weighted by atomic mass is 35.5. The molecule has 13 heteroatoms. The number of benzene rings is 2. The predicted octanol–water partition coefficient (Wildman–Crippen LogP) is 3.66. The molecule has 31 heavy (non-hydrogen) atoms. The van der Waals surface area contributed by atoms with E-state index < -0.39 is 22.2 Å². The lowest BCUT2D eigenvalue weighted by molar-refractivity contribution is -0.192. The lowest BCUT2D eigenvalue weighted by Crippen LogP contribution is -2.23. The Labute approximate surface area is 183 Å². The number of carboxylic acid groups (broad SMARTS) is 1. The summed E-state index contributed by atoms with van der Waals surface area (Å²) in [7, 11) is -3.58. The van der Waals surface area contributed by atoms with Gasteiger partial charge >= 0.3 is 12.1 Å². The average molecular weight is 494 g/mol. The van der Waals surface area contributed by atoms with Gasteiger partial charge in [-0.2, -0.15) is 13.2 Å². The molecule has 0 spiro atoms. The van der Waals surface area contributed by atoms with Gasteiger partial charge < -0.3 is 10.4 Å². The van der Waals surface area contributed by atoms with Crippen molar-refractivity contribution in [3.63, 3.8) is 0 Å². The van der Waals surface area contributed by atoms with Gasteiger partial charge in [-0.1, -0.05) is 29.8 Å². The second-order valence-corrected chi connectivity index (χ2v) is 9.81. The van der Waals surface area contributed by atoms with Crippen LogP contribution in [0.25, 0.3) is 10.2 Å². The van der Waals surface area contributed by atoms with Gasteiger partial charge in [0.15, 0.2) is 4.47 Å². The molecule has 0 unspecified atom stereocenters. The summed E-state index contributed by atoms with van der Waals surface area (Å²) in [5.41, 5.74) is 4.15. The van der Waals surface area contributed by atoms with E-state index in [1.165, 1.54) is 22.5 Å². The van der Waals surface area contributed by atoms with Gasteiger partial charge in [0.05, 0.1) is 15.1 Å². The number of hydrogen-bond acceptors (Lipinski definition) is 6. The molecule has 2 aromatic carbocycles. The maximum atomic E-state index is 12.5. The van der Waals surface area contributed by atoms with E-state index >= 15 is 0 Å². The number of aliphatic carboxylic acids is 1. The Bertz CT molecular complexity index is 1230. The number of fused-ring (bicyclic) bond motifs is 2. The fraction of sp³-hybridized carbons (Fsp3) is 0.222. The molecule has 1 aliphatic heterocycles. The number of nitrogens with zero attached hydrogens (tertiary/aromatic N) is 1. The SMILES string of the molecule is O=C(O)C(F)(F)F.O=S(=O)(NCc1ccc2c(c1)CNC2)c1ccc2nc(Cl)sc2c1. The zero-order valence-electron chi connectivity index (χ0n) is 15.5. The zero-order valence-corrected chi connectivity index (χ0v) is 17.9. The highest BCUT2D eigenvalue weighted by molar-refractivity contribution is 7.89. The van der Waals surface area contributed by atoms with Crippen LogP contribution in [0.4, 0.5) is 13.2 Å². The summed E-state index contributed by atoms with van der Waals surface area (Å²) >= 11 is 7.14. The van der Waals surface area contributed by atoms with Crippen LogP contribution in [0, 0.1) is 0 Å². The molecule has 0 saturated carbocycles. The second-order valence-electron chi connectivity index (χ2n) is 6.43.